The number of hydrogen-bond donors (Lipinski definition) is 2. The van der Waals surface area contributed by atoms with Gasteiger partial charge in [0.1, 0.15) is 11.7 Å². The fourth-order valence-corrected chi connectivity index (χ4v) is 2.06. The predicted molar refractivity (Wildman–Crippen MR) is 69.8 cm³/mol. The molecule has 1 aromatic heterocycles. The Balaban J connectivity index is 1.80. The maximum Gasteiger partial charge on any atom is 0.268 e. The second-order valence-corrected chi connectivity index (χ2v) is 4.41. The number of fused-ring (bicyclic) bond motifs is 1. The van der Waals surface area contributed by atoms with Crippen molar-refractivity contribution in [3.63, 3.8) is 0 Å². The molecule has 1 atom stereocenters. The maximum atomic E-state index is 11.9. The molecule has 2 N–H and O–H groups in total. The van der Waals surface area contributed by atoms with Crippen LogP contribution in [0.25, 0.3) is 0 Å². The average Bonchev–Trinajstić information content (AvgIpc) is 2.87. The highest BCUT2D eigenvalue weighted by molar-refractivity contribution is 5.97. The number of aromatic nitrogens is 1. The molecule has 1 unspecified atom stereocenters. The van der Waals surface area contributed by atoms with E-state index in [9.17, 15) is 9.59 Å². The fourth-order valence-electron chi connectivity index (χ4n) is 2.06. The Bertz CT molecular complexity index is 456. The maximum absolute atomic E-state index is 11.9. The Labute approximate surface area is 112 Å². The number of ether oxygens (including phenoxy) is 1. The lowest BCUT2D eigenvalue weighted by molar-refractivity contribution is -0.123. The van der Waals surface area contributed by atoms with Crippen molar-refractivity contribution in [1.82, 2.24) is 15.2 Å². The zero-order valence-electron chi connectivity index (χ0n) is 11.0. The third-order valence-electron chi connectivity index (χ3n) is 3.03. The molecular formula is C13H19N3O3. The highest BCUT2D eigenvalue weighted by atomic mass is 16.5. The summed E-state index contributed by atoms with van der Waals surface area (Å²) >= 11 is 0. The molecular weight excluding hydrogens is 246 g/mol. The van der Waals surface area contributed by atoms with Crippen LogP contribution in [0.2, 0.25) is 0 Å². The van der Waals surface area contributed by atoms with Gasteiger partial charge in [-0.25, -0.2) is 0 Å². The molecule has 1 aliphatic heterocycles. The first-order chi connectivity index (χ1) is 9.22. The van der Waals surface area contributed by atoms with Gasteiger partial charge in [-0.3, -0.25) is 9.59 Å². The summed E-state index contributed by atoms with van der Waals surface area (Å²) in [6.07, 6.45) is 2.58. The molecule has 19 heavy (non-hydrogen) atoms. The lowest BCUT2D eigenvalue weighted by atomic mass is 10.2. The topological polar surface area (TPSA) is 72.4 Å². The van der Waals surface area contributed by atoms with Crippen molar-refractivity contribution in [2.45, 2.75) is 25.9 Å². The fraction of sp³-hybridized carbons (Fsp3) is 0.538. The van der Waals surface area contributed by atoms with Gasteiger partial charge in [0.25, 0.3) is 5.91 Å². The van der Waals surface area contributed by atoms with Crippen LogP contribution < -0.4 is 10.6 Å². The first-order valence-corrected chi connectivity index (χ1v) is 6.54. The summed E-state index contributed by atoms with van der Waals surface area (Å²) in [4.78, 5) is 23.7. The number of amides is 2. The second-order valence-electron chi connectivity index (χ2n) is 4.41. The van der Waals surface area contributed by atoms with E-state index in [1.807, 2.05) is 13.1 Å². The molecule has 1 aliphatic rings. The molecule has 0 aliphatic carbocycles. The molecule has 0 spiro atoms. The van der Waals surface area contributed by atoms with E-state index in [0.717, 1.165) is 6.42 Å². The quantitative estimate of drug-likeness (QED) is 0.719. The third-order valence-corrected chi connectivity index (χ3v) is 3.03. The van der Waals surface area contributed by atoms with E-state index in [2.05, 4.69) is 10.6 Å². The lowest BCUT2D eigenvalue weighted by Crippen LogP contribution is -2.52. The van der Waals surface area contributed by atoms with Crippen LogP contribution >= 0.6 is 0 Å². The number of carbonyl (C=O) groups excluding carboxylic acids is 2. The predicted octanol–water partition coefficient (Wildman–Crippen LogP) is 0.143. The smallest absolute Gasteiger partial charge is 0.268 e. The molecule has 2 rings (SSSR count). The van der Waals surface area contributed by atoms with Crippen LogP contribution in [0.5, 0.6) is 0 Å². The standard InChI is InChI=1S/C13H19N3O3/c1-2-19-8-4-6-14-12(17)10-9-16-7-3-5-11(16)13(18)15-10/h3,5,7,10H,2,4,6,8-9H2,1H3,(H,14,17)(H,15,18). The second kappa shape index (κ2) is 6.38. The summed E-state index contributed by atoms with van der Waals surface area (Å²) in [5, 5.41) is 5.52. The van der Waals surface area contributed by atoms with Gasteiger partial charge in [0.05, 0.1) is 6.54 Å². The highest BCUT2D eigenvalue weighted by Crippen LogP contribution is 2.09. The van der Waals surface area contributed by atoms with Gasteiger partial charge in [-0.05, 0) is 25.5 Å². The Kier molecular flexibility index (Phi) is 4.57. The average molecular weight is 265 g/mol. The largest absolute Gasteiger partial charge is 0.382 e. The molecule has 1 aromatic rings. The summed E-state index contributed by atoms with van der Waals surface area (Å²) in [6.45, 7) is 4.29. The molecule has 0 saturated heterocycles. The number of nitrogens with zero attached hydrogens (tertiary/aromatic N) is 1. The van der Waals surface area contributed by atoms with Crippen LogP contribution in [0.4, 0.5) is 0 Å². The van der Waals surface area contributed by atoms with E-state index in [-0.39, 0.29) is 11.8 Å². The normalized spacial score (nSPS) is 17.7. The lowest BCUT2D eigenvalue weighted by Gasteiger charge is -2.24. The molecule has 0 saturated carbocycles. The minimum atomic E-state index is -0.500. The monoisotopic (exact) mass is 265 g/mol. The van der Waals surface area contributed by atoms with E-state index < -0.39 is 6.04 Å². The summed E-state index contributed by atoms with van der Waals surface area (Å²) in [5.74, 6) is -0.352. The highest BCUT2D eigenvalue weighted by Gasteiger charge is 2.28. The van der Waals surface area contributed by atoms with Crippen LogP contribution in [0.3, 0.4) is 0 Å². The minimum absolute atomic E-state index is 0.149. The zero-order chi connectivity index (χ0) is 13.7. The first kappa shape index (κ1) is 13.6. The van der Waals surface area contributed by atoms with Crippen LogP contribution in [-0.2, 0) is 16.1 Å². The van der Waals surface area contributed by atoms with Crippen LogP contribution in [0, 0.1) is 0 Å². The van der Waals surface area contributed by atoms with Gasteiger partial charge >= 0.3 is 0 Å². The minimum Gasteiger partial charge on any atom is -0.382 e. The van der Waals surface area contributed by atoms with Crippen LogP contribution in [0.1, 0.15) is 23.8 Å². The van der Waals surface area contributed by atoms with Crippen molar-refractivity contribution in [2.24, 2.45) is 0 Å². The van der Waals surface area contributed by atoms with E-state index in [1.165, 1.54) is 0 Å². The number of hydrogen-bond acceptors (Lipinski definition) is 3. The van der Waals surface area contributed by atoms with Crippen molar-refractivity contribution >= 4 is 11.8 Å². The molecule has 6 nitrogen and oxygen atoms in total. The molecule has 2 amide bonds. The van der Waals surface area contributed by atoms with Gasteiger partial charge in [-0.15, -0.1) is 0 Å². The molecule has 0 fully saturated rings. The van der Waals surface area contributed by atoms with Crippen molar-refractivity contribution in [1.29, 1.82) is 0 Å². The van der Waals surface area contributed by atoms with Crippen molar-refractivity contribution < 1.29 is 14.3 Å². The first-order valence-electron chi connectivity index (χ1n) is 6.54. The SMILES string of the molecule is CCOCCCNC(=O)C1Cn2cccc2C(=O)N1. The van der Waals surface area contributed by atoms with Crippen molar-refractivity contribution in [3.8, 4) is 0 Å². The van der Waals surface area contributed by atoms with Crippen LogP contribution in [-0.4, -0.2) is 42.2 Å². The van der Waals surface area contributed by atoms with Gasteiger partial charge in [0.2, 0.25) is 5.91 Å². The summed E-state index contributed by atoms with van der Waals surface area (Å²) in [5.41, 5.74) is 0.598. The van der Waals surface area contributed by atoms with E-state index in [0.29, 0.717) is 32.0 Å². The van der Waals surface area contributed by atoms with Gasteiger partial charge in [0.15, 0.2) is 0 Å². The van der Waals surface area contributed by atoms with Gasteiger partial charge in [-0.1, -0.05) is 0 Å². The Morgan fingerprint density at radius 3 is 3.26 bits per heavy atom. The third kappa shape index (κ3) is 3.35. The number of carbonyl (C=O) groups is 2. The van der Waals surface area contributed by atoms with Crippen molar-refractivity contribution in [2.75, 3.05) is 19.8 Å². The van der Waals surface area contributed by atoms with Gasteiger partial charge in [0, 0.05) is 26.0 Å². The zero-order valence-corrected chi connectivity index (χ0v) is 11.0. The summed E-state index contributed by atoms with van der Waals surface area (Å²) in [7, 11) is 0. The Hall–Kier alpha value is -1.82. The molecule has 104 valence electrons. The van der Waals surface area contributed by atoms with E-state index in [1.54, 1.807) is 16.7 Å². The van der Waals surface area contributed by atoms with Crippen LogP contribution in [0.15, 0.2) is 18.3 Å². The van der Waals surface area contributed by atoms with E-state index >= 15 is 0 Å². The van der Waals surface area contributed by atoms with Gasteiger partial charge < -0.3 is 19.9 Å². The molecule has 2 heterocycles. The van der Waals surface area contributed by atoms with Crippen molar-refractivity contribution in [3.05, 3.63) is 24.0 Å². The molecule has 0 aromatic carbocycles. The molecule has 0 bridgehead atoms. The Morgan fingerprint density at radius 2 is 2.47 bits per heavy atom. The summed E-state index contributed by atoms with van der Waals surface area (Å²) < 4.78 is 6.98. The molecule has 0 radical (unpaired) electrons. The number of rotatable bonds is 6. The summed E-state index contributed by atoms with van der Waals surface area (Å²) in [6, 6.07) is 3.04. The van der Waals surface area contributed by atoms with E-state index in [4.69, 9.17) is 4.74 Å². The number of nitrogens with one attached hydrogen (secondary N) is 2. The van der Waals surface area contributed by atoms with Gasteiger partial charge in [-0.2, -0.15) is 0 Å². The molecule has 6 heteroatoms. The Morgan fingerprint density at radius 1 is 1.63 bits per heavy atom.